The third kappa shape index (κ3) is 3.89. The van der Waals surface area contributed by atoms with Crippen molar-refractivity contribution in [2.75, 3.05) is 0 Å². The van der Waals surface area contributed by atoms with Gasteiger partial charge in [-0.15, -0.1) is 0 Å². The zero-order valence-electron chi connectivity index (χ0n) is 8.59. The molecule has 0 saturated heterocycles. The molecule has 1 atom stereocenters. The first-order valence-corrected chi connectivity index (χ1v) is 8.25. The molecule has 1 unspecified atom stereocenters. The van der Waals surface area contributed by atoms with Gasteiger partial charge in [-0.25, -0.2) is 0 Å². The Morgan fingerprint density at radius 1 is 1.38 bits per heavy atom. The third-order valence-corrected chi connectivity index (χ3v) is 6.36. The summed E-state index contributed by atoms with van der Waals surface area (Å²) in [6, 6.07) is 14.2. The molecular weight excluding hydrogens is 190 g/mol. The lowest BCUT2D eigenvalue weighted by Crippen LogP contribution is -2.22. The second-order valence-electron chi connectivity index (χ2n) is 3.44. The van der Waals surface area contributed by atoms with E-state index in [0.29, 0.717) is 6.04 Å². The highest BCUT2D eigenvalue weighted by molar-refractivity contribution is 6.34. The van der Waals surface area contributed by atoms with Crippen LogP contribution in [0.3, 0.4) is 0 Å². The molecule has 0 amide bonds. The van der Waals surface area contributed by atoms with E-state index in [4.69, 9.17) is 0 Å². The van der Waals surface area contributed by atoms with Crippen LogP contribution in [-0.4, -0.2) is 19.9 Å². The number of hydrogen-bond acceptors (Lipinski definition) is 1. The van der Waals surface area contributed by atoms with Crippen LogP contribution in [0.1, 0.15) is 18.5 Å². The summed E-state index contributed by atoms with van der Waals surface area (Å²) in [7, 11) is 1.37. The Hall–Kier alpha value is -0.386. The fraction of sp³-hybridized carbons (Fsp3) is 0.400. The van der Waals surface area contributed by atoms with E-state index < -0.39 is 0 Å². The lowest BCUT2D eigenvalue weighted by molar-refractivity contribution is 0.734. The fourth-order valence-electron chi connectivity index (χ4n) is 1.35. The lowest BCUT2D eigenvalue weighted by atomic mass is 10.1. The van der Waals surface area contributed by atoms with E-state index in [2.05, 4.69) is 42.2 Å². The van der Waals surface area contributed by atoms with Gasteiger partial charge < -0.3 is 4.98 Å². The molecule has 72 valence electrons. The van der Waals surface area contributed by atoms with Crippen LogP contribution in [-0.2, 0) is 0 Å². The van der Waals surface area contributed by atoms with E-state index in [1.54, 1.807) is 0 Å². The molecule has 3 heteroatoms. The summed E-state index contributed by atoms with van der Waals surface area (Å²) in [5.74, 6) is 0. The molecule has 0 aliphatic heterocycles. The smallest absolute Gasteiger partial charge is 0.0919 e. The highest BCUT2D eigenvalue weighted by Gasteiger charge is 2.01. The van der Waals surface area contributed by atoms with E-state index in [1.807, 2.05) is 0 Å². The first-order valence-electron chi connectivity index (χ1n) is 5.13. The Labute approximate surface area is 86.3 Å². The third-order valence-electron chi connectivity index (χ3n) is 2.28. The van der Waals surface area contributed by atoms with E-state index in [1.165, 1.54) is 27.9 Å². The van der Waals surface area contributed by atoms with Crippen LogP contribution in [0.5, 0.6) is 0 Å². The number of nitrogens with one attached hydrogen (secondary N) is 1. The molecule has 0 fully saturated rings. The Balaban J connectivity index is 2.35. The maximum Gasteiger partial charge on any atom is 0.0919 e. The van der Waals surface area contributed by atoms with Crippen molar-refractivity contribution in [3.63, 3.8) is 0 Å². The van der Waals surface area contributed by atoms with Gasteiger partial charge in [-0.1, -0.05) is 42.4 Å². The second-order valence-corrected chi connectivity index (χ2v) is 6.06. The average molecular weight is 209 g/mol. The van der Waals surface area contributed by atoms with Crippen molar-refractivity contribution in [1.82, 2.24) is 4.98 Å². The Bertz CT molecular complexity index is 226. The number of benzene rings is 1. The normalized spacial score (nSPS) is 13.9. The van der Waals surface area contributed by atoms with E-state index in [0.717, 1.165) is 0 Å². The van der Waals surface area contributed by atoms with Crippen LogP contribution in [0.2, 0.25) is 12.1 Å². The molecule has 1 aromatic carbocycles. The zero-order valence-corrected chi connectivity index (χ0v) is 12.0. The minimum Gasteiger partial charge on any atom is -0.336 e. The van der Waals surface area contributed by atoms with Gasteiger partial charge in [-0.3, -0.25) is 0 Å². The van der Waals surface area contributed by atoms with Gasteiger partial charge >= 0.3 is 0 Å². The molecule has 1 N–H and O–H groups in total. The molecule has 1 rings (SSSR count). The monoisotopic (exact) mass is 209 g/mol. The molecule has 0 aromatic heterocycles. The zero-order chi connectivity index (χ0) is 9.52. The summed E-state index contributed by atoms with van der Waals surface area (Å²) >= 11 is 0. The maximum absolute atomic E-state index is 3.66. The molecule has 13 heavy (non-hydrogen) atoms. The van der Waals surface area contributed by atoms with Gasteiger partial charge in [0, 0.05) is 16.3 Å². The molecule has 0 heterocycles. The summed E-state index contributed by atoms with van der Waals surface area (Å²) in [6.07, 6.45) is 0. The predicted molar refractivity (Wildman–Crippen MR) is 66.1 cm³/mol. The van der Waals surface area contributed by atoms with Gasteiger partial charge in [-0.2, -0.15) is 0 Å². The topological polar surface area (TPSA) is 12.0 Å². The molecule has 0 bridgehead atoms. The number of hydrogen-bond donors (Lipinski definition) is 1. The minimum atomic E-state index is 0.00474. The highest BCUT2D eigenvalue weighted by Crippen LogP contribution is 2.10. The van der Waals surface area contributed by atoms with Crippen molar-refractivity contribution in [2.45, 2.75) is 25.1 Å². The van der Waals surface area contributed by atoms with Gasteiger partial charge in [0.1, 0.15) is 0 Å². The molecule has 0 aliphatic rings. The quantitative estimate of drug-likeness (QED) is 0.554. The average Bonchev–Trinajstić information content (AvgIpc) is 2.19. The van der Waals surface area contributed by atoms with E-state index in [9.17, 15) is 0 Å². The largest absolute Gasteiger partial charge is 0.336 e. The van der Waals surface area contributed by atoms with Gasteiger partial charge in [0.05, 0.1) is 9.68 Å². The summed E-state index contributed by atoms with van der Waals surface area (Å²) in [5.41, 5.74) is 1.42. The Kier molecular flexibility index (Phi) is 5.04. The van der Waals surface area contributed by atoms with Crippen molar-refractivity contribution < 1.29 is 0 Å². The van der Waals surface area contributed by atoms with Gasteiger partial charge in [-0.05, 0) is 12.5 Å². The minimum absolute atomic E-state index is 0.00474. The highest BCUT2D eigenvalue weighted by atomic mass is 28.2. The summed E-state index contributed by atoms with van der Waals surface area (Å²) in [4.78, 5) is 3.66. The van der Waals surface area contributed by atoms with Crippen molar-refractivity contribution in [3.8, 4) is 0 Å². The number of rotatable bonds is 5. The Morgan fingerprint density at radius 2 is 2.08 bits per heavy atom. The van der Waals surface area contributed by atoms with Crippen LogP contribution < -0.4 is 4.98 Å². The maximum atomic E-state index is 3.66. The van der Waals surface area contributed by atoms with Crippen LogP contribution in [0.15, 0.2) is 30.3 Å². The SMILES string of the molecule is CC(N[SiH2]CC[SiH3])c1ccccc1. The molecule has 0 saturated carbocycles. The van der Waals surface area contributed by atoms with Crippen molar-refractivity contribution in [1.29, 1.82) is 0 Å². The molecular formula is C10H19NSi2. The molecule has 0 spiro atoms. The Morgan fingerprint density at radius 3 is 2.69 bits per heavy atom. The van der Waals surface area contributed by atoms with E-state index in [-0.39, 0.29) is 9.68 Å². The standard InChI is InChI=1S/C10H19NSi2/c1-9(11-13-8-7-12)10-5-3-2-4-6-10/h2-6,9,11H,7-8,13H2,1,12H3. The molecule has 1 nitrogen and oxygen atoms in total. The molecule has 0 radical (unpaired) electrons. The first-order chi connectivity index (χ1) is 6.34. The van der Waals surface area contributed by atoms with Crippen LogP contribution in [0, 0.1) is 0 Å². The van der Waals surface area contributed by atoms with Crippen molar-refractivity contribution in [3.05, 3.63) is 35.9 Å². The van der Waals surface area contributed by atoms with Gasteiger partial charge in [0.15, 0.2) is 0 Å². The lowest BCUT2D eigenvalue weighted by Gasteiger charge is -2.13. The summed E-state index contributed by atoms with van der Waals surface area (Å²) in [5, 5.41) is 0. The summed E-state index contributed by atoms with van der Waals surface area (Å²) < 4.78 is 0. The van der Waals surface area contributed by atoms with Crippen molar-refractivity contribution in [2.24, 2.45) is 0 Å². The fourth-order valence-corrected chi connectivity index (χ4v) is 3.64. The molecule has 0 aliphatic carbocycles. The van der Waals surface area contributed by atoms with Gasteiger partial charge in [0.25, 0.3) is 0 Å². The summed E-state index contributed by atoms with van der Waals surface area (Å²) in [6.45, 7) is 2.26. The second kappa shape index (κ2) is 6.13. The van der Waals surface area contributed by atoms with Crippen LogP contribution in [0.4, 0.5) is 0 Å². The van der Waals surface area contributed by atoms with Crippen molar-refractivity contribution >= 4 is 19.9 Å². The van der Waals surface area contributed by atoms with Crippen LogP contribution in [0.25, 0.3) is 0 Å². The molecule has 1 aromatic rings. The van der Waals surface area contributed by atoms with Gasteiger partial charge in [0.2, 0.25) is 0 Å². The first kappa shape index (κ1) is 10.7. The van der Waals surface area contributed by atoms with Crippen LogP contribution >= 0.6 is 0 Å². The predicted octanol–water partition coefficient (Wildman–Crippen LogP) is 0.623. The van der Waals surface area contributed by atoms with E-state index >= 15 is 0 Å².